The van der Waals surface area contributed by atoms with E-state index in [0.717, 1.165) is 5.75 Å². The summed E-state index contributed by atoms with van der Waals surface area (Å²) >= 11 is 1.60. The maximum absolute atomic E-state index is 12.1. The fourth-order valence-electron chi connectivity index (χ4n) is 2.19. The third kappa shape index (κ3) is 4.62. The number of amides is 1. The Balaban J connectivity index is 2.00. The van der Waals surface area contributed by atoms with Crippen molar-refractivity contribution >= 4 is 38.9 Å². The van der Waals surface area contributed by atoms with Gasteiger partial charge in [-0.3, -0.25) is 9.69 Å². The van der Waals surface area contributed by atoms with Crippen LogP contribution < -0.4 is 11.1 Å². The first kappa shape index (κ1) is 16.1. The summed E-state index contributed by atoms with van der Waals surface area (Å²) in [7, 11) is -3.20. The SMILES string of the molecule is CS(=O)(=O)C1CSCCN1CC(=O)Nc1cccc(N)c1. The molecule has 0 aliphatic carbocycles. The van der Waals surface area contributed by atoms with Crippen LogP contribution in [-0.2, 0) is 14.6 Å². The molecule has 6 nitrogen and oxygen atoms in total. The van der Waals surface area contributed by atoms with Crippen LogP contribution in [0.15, 0.2) is 24.3 Å². The van der Waals surface area contributed by atoms with E-state index in [1.807, 2.05) is 0 Å². The van der Waals surface area contributed by atoms with Gasteiger partial charge in [0.15, 0.2) is 9.84 Å². The fourth-order valence-corrected chi connectivity index (χ4v) is 5.13. The topological polar surface area (TPSA) is 92.5 Å². The van der Waals surface area contributed by atoms with E-state index in [1.165, 1.54) is 6.26 Å². The maximum Gasteiger partial charge on any atom is 0.238 e. The highest BCUT2D eigenvalue weighted by Crippen LogP contribution is 2.20. The van der Waals surface area contributed by atoms with Crippen LogP contribution >= 0.6 is 11.8 Å². The zero-order chi connectivity index (χ0) is 15.5. The number of rotatable bonds is 4. The molecule has 1 aliphatic heterocycles. The molecule has 0 radical (unpaired) electrons. The van der Waals surface area contributed by atoms with Crippen LogP contribution in [0, 0.1) is 0 Å². The Kier molecular flexibility index (Phi) is 5.13. The summed E-state index contributed by atoms with van der Waals surface area (Å²) < 4.78 is 23.6. The van der Waals surface area contributed by atoms with Gasteiger partial charge in [0.2, 0.25) is 5.91 Å². The lowest BCUT2D eigenvalue weighted by Crippen LogP contribution is -2.49. The number of nitrogens with one attached hydrogen (secondary N) is 1. The van der Waals surface area contributed by atoms with Crippen molar-refractivity contribution in [3.63, 3.8) is 0 Å². The van der Waals surface area contributed by atoms with Gasteiger partial charge in [0, 0.05) is 35.7 Å². The minimum Gasteiger partial charge on any atom is -0.399 e. The number of hydrogen-bond donors (Lipinski definition) is 2. The van der Waals surface area contributed by atoms with Crippen LogP contribution in [0.1, 0.15) is 0 Å². The first-order valence-corrected chi connectivity index (χ1v) is 9.63. The maximum atomic E-state index is 12.1. The Labute approximate surface area is 129 Å². The fraction of sp³-hybridized carbons (Fsp3) is 0.462. The highest BCUT2D eigenvalue weighted by atomic mass is 32.2. The zero-order valence-corrected chi connectivity index (χ0v) is 13.4. The molecule has 1 heterocycles. The van der Waals surface area contributed by atoms with Crippen molar-refractivity contribution in [3.8, 4) is 0 Å². The van der Waals surface area contributed by atoms with E-state index < -0.39 is 15.2 Å². The van der Waals surface area contributed by atoms with Crippen molar-refractivity contribution in [3.05, 3.63) is 24.3 Å². The molecule has 1 unspecified atom stereocenters. The van der Waals surface area contributed by atoms with Gasteiger partial charge >= 0.3 is 0 Å². The minimum absolute atomic E-state index is 0.0626. The van der Waals surface area contributed by atoms with E-state index in [2.05, 4.69) is 5.32 Å². The van der Waals surface area contributed by atoms with Gasteiger partial charge in [-0.05, 0) is 18.2 Å². The molecule has 1 saturated heterocycles. The number of carbonyl (C=O) groups is 1. The molecule has 3 N–H and O–H groups in total. The van der Waals surface area contributed by atoms with Crippen molar-refractivity contribution in [2.45, 2.75) is 5.37 Å². The number of sulfone groups is 1. The Morgan fingerprint density at radius 3 is 2.95 bits per heavy atom. The molecule has 1 amide bonds. The van der Waals surface area contributed by atoms with Crippen molar-refractivity contribution < 1.29 is 13.2 Å². The van der Waals surface area contributed by atoms with Crippen LogP contribution in [0.25, 0.3) is 0 Å². The summed E-state index contributed by atoms with van der Waals surface area (Å²) in [4.78, 5) is 13.8. The van der Waals surface area contributed by atoms with Crippen LogP contribution in [0.3, 0.4) is 0 Å². The second-order valence-electron chi connectivity index (χ2n) is 5.00. The molecule has 1 aromatic rings. The van der Waals surface area contributed by atoms with Crippen molar-refractivity contribution in [2.24, 2.45) is 0 Å². The van der Waals surface area contributed by atoms with Gasteiger partial charge in [-0.2, -0.15) is 11.8 Å². The van der Waals surface area contributed by atoms with Crippen LogP contribution in [0.2, 0.25) is 0 Å². The lowest BCUT2D eigenvalue weighted by atomic mass is 10.3. The highest BCUT2D eigenvalue weighted by molar-refractivity contribution is 8.00. The summed E-state index contributed by atoms with van der Waals surface area (Å²) in [5.41, 5.74) is 6.83. The average Bonchev–Trinajstić information content (AvgIpc) is 2.37. The van der Waals surface area contributed by atoms with E-state index in [-0.39, 0.29) is 12.5 Å². The first-order valence-electron chi connectivity index (χ1n) is 6.52. The molecule has 21 heavy (non-hydrogen) atoms. The molecule has 116 valence electrons. The number of anilines is 2. The summed E-state index contributed by atoms with van der Waals surface area (Å²) in [5.74, 6) is 1.10. The summed E-state index contributed by atoms with van der Waals surface area (Å²) in [6.45, 7) is 0.653. The number of nitrogens with zero attached hydrogens (tertiary/aromatic N) is 1. The minimum atomic E-state index is -3.20. The monoisotopic (exact) mass is 329 g/mol. The van der Waals surface area contributed by atoms with E-state index in [0.29, 0.717) is 23.7 Å². The van der Waals surface area contributed by atoms with Gasteiger partial charge in [0.1, 0.15) is 5.37 Å². The molecule has 0 saturated carbocycles. The van der Waals surface area contributed by atoms with Gasteiger partial charge in [-0.15, -0.1) is 0 Å². The van der Waals surface area contributed by atoms with Gasteiger partial charge in [0.25, 0.3) is 0 Å². The molecule has 8 heteroatoms. The Morgan fingerprint density at radius 2 is 2.29 bits per heavy atom. The van der Waals surface area contributed by atoms with E-state index in [4.69, 9.17) is 5.73 Å². The van der Waals surface area contributed by atoms with Crippen molar-refractivity contribution in [1.29, 1.82) is 0 Å². The van der Waals surface area contributed by atoms with Gasteiger partial charge in [0.05, 0.1) is 6.54 Å². The average molecular weight is 329 g/mol. The van der Waals surface area contributed by atoms with Crippen molar-refractivity contribution in [2.75, 3.05) is 41.9 Å². The molecule has 0 bridgehead atoms. The predicted molar refractivity (Wildman–Crippen MR) is 87.0 cm³/mol. The molecular weight excluding hydrogens is 310 g/mol. The number of thioether (sulfide) groups is 1. The van der Waals surface area contributed by atoms with Gasteiger partial charge in [-0.1, -0.05) is 6.07 Å². The smallest absolute Gasteiger partial charge is 0.238 e. The van der Waals surface area contributed by atoms with Crippen LogP contribution in [-0.4, -0.2) is 55.4 Å². The van der Waals surface area contributed by atoms with Crippen LogP contribution in [0.4, 0.5) is 11.4 Å². The third-order valence-corrected chi connectivity index (χ3v) is 5.89. The number of nitrogens with two attached hydrogens (primary N) is 1. The number of hydrogen-bond acceptors (Lipinski definition) is 6. The highest BCUT2D eigenvalue weighted by Gasteiger charge is 2.31. The standard InChI is InChI=1S/C13H19N3O3S2/c1-21(18,19)13-9-20-6-5-16(13)8-12(17)15-11-4-2-3-10(14)7-11/h2-4,7,13H,5-6,8-9,14H2,1H3,(H,15,17). The van der Waals surface area contributed by atoms with E-state index in [1.54, 1.807) is 40.9 Å². The zero-order valence-electron chi connectivity index (χ0n) is 11.8. The molecule has 2 rings (SSSR count). The lowest BCUT2D eigenvalue weighted by Gasteiger charge is -2.33. The molecule has 0 spiro atoms. The number of benzene rings is 1. The molecule has 1 aliphatic rings. The van der Waals surface area contributed by atoms with Gasteiger partial charge < -0.3 is 11.1 Å². The molecule has 1 atom stereocenters. The molecular formula is C13H19N3O3S2. The number of carbonyl (C=O) groups excluding carboxylic acids is 1. The van der Waals surface area contributed by atoms with E-state index in [9.17, 15) is 13.2 Å². The summed E-state index contributed by atoms with van der Waals surface area (Å²) in [6, 6.07) is 6.89. The van der Waals surface area contributed by atoms with Crippen LogP contribution in [0.5, 0.6) is 0 Å². The first-order chi connectivity index (χ1) is 9.86. The normalized spacial score (nSPS) is 20.1. The van der Waals surface area contributed by atoms with E-state index >= 15 is 0 Å². The Hall–Kier alpha value is -1.25. The predicted octanol–water partition coefficient (Wildman–Crippen LogP) is 0.627. The third-order valence-electron chi connectivity index (χ3n) is 3.20. The van der Waals surface area contributed by atoms with Gasteiger partial charge in [-0.25, -0.2) is 8.42 Å². The lowest BCUT2D eigenvalue weighted by molar-refractivity contribution is -0.117. The molecule has 0 aromatic heterocycles. The molecule has 1 aromatic carbocycles. The summed E-state index contributed by atoms with van der Waals surface area (Å²) in [5, 5.41) is 2.15. The van der Waals surface area contributed by atoms with Crippen molar-refractivity contribution in [1.82, 2.24) is 4.90 Å². The molecule has 1 fully saturated rings. The number of nitrogen functional groups attached to an aromatic ring is 1. The quantitative estimate of drug-likeness (QED) is 0.787. The Bertz CT molecular complexity index is 619. The summed E-state index contributed by atoms with van der Waals surface area (Å²) in [6.07, 6.45) is 1.21. The largest absolute Gasteiger partial charge is 0.399 e. The second-order valence-corrected chi connectivity index (χ2v) is 8.36. The second kappa shape index (κ2) is 6.67. The Morgan fingerprint density at radius 1 is 1.52 bits per heavy atom.